The van der Waals surface area contributed by atoms with Gasteiger partial charge in [-0.2, -0.15) is 0 Å². The largest absolute Gasteiger partial charge is 0.481 e. The van der Waals surface area contributed by atoms with Gasteiger partial charge >= 0.3 is 5.97 Å². The predicted octanol–water partition coefficient (Wildman–Crippen LogP) is 4.16. The Morgan fingerprint density at radius 1 is 0.958 bits per heavy atom. The molecule has 0 aliphatic heterocycles. The Bertz CT molecular complexity index is 421. The summed E-state index contributed by atoms with van der Waals surface area (Å²) in [5, 5.41) is 28.0. The van der Waals surface area contributed by atoms with E-state index in [0.717, 1.165) is 32.1 Å². The Kier molecular flexibility index (Phi) is 15.1. The van der Waals surface area contributed by atoms with Crippen molar-refractivity contribution in [1.82, 2.24) is 0 Å². The molecule has 0 heterocycles. The minimum atomic E-state index is -0.816. The molecule has 0 saturated heterocycles. The molecule has 0 rings (SSSR count). The fraction of sp³-hybridized carbons (Fsp3) is 0.550. The Labute approximate surface area is 145 Å². The van der Waals surface area contributed by atoms with E-state index >= 15 is 0 Å². The SMILES string of the molecule is CCCCCC(O)C(O)/C=C/C=C/C=C/C/C=C/CCCC(=O)O. The van der Waals surface area contributed by atoms with E-state index in [1.807, 2.05) is 36.5 Å². The summed E-state index contributed by atoms with van der Waals surface area (Å²) < 4.78 is 0. The molecule has 0 aromatic carbocycles. The molecule has 3 N–H and O–H groups in total. The molecule has 2 unspecified atom stereocenters. The molecule has 0 aromatic rings. The molecule has 0 radical (unpaired) electrons. The standard InChI is InChI=1S/C20H32O4/c1-2-3-12-15-18(21)19(22)16-13-10-8-6-4-5-7-9-11-14-17-20(23)24/h4,6-10,13,16,18-19,21-22H,2-3,5,11-12,14-15,17H2,1H3,(H,23,24)/b6-4+,9-7+,10-8+,16-13+. The van der Waals surface area contributed by atoms with E-state index in [9.17, 15) is 15.0 Å². The van der Waals surface area contributed by atoms with Gasteiger partial charge in [-0.05, 0) is 25.7 Å². The van der Waals surface area contributed by atoms with Gasteiger partial charge in [0.2, 0.25) is 0 Å². The number of carboxylic acid groups (broad SMARTS) is 1. The van der Waals surface area contributed by atoms with Gasteiger partial charge in [0, 0.05) is 6.42 Å². The first kappa shape index (κ1) is 22.4. The number of carbonyl (C=O) groups is 1. The zero-order chi connectivity index (χ0) is 18.0. The quantitative estimate of drug-likeness (QED) is 0.253. The summed E-state index contributed by atoms with van der Waals surface area (Å²) in [6.07, 6.45) is 19.6. The minimum absolute atomic E-state index is 0.217. The van der Waals surface area contributed by atoms with Crippen molar-refractivity contribution in [3.05, 3.63) is 48.6 Å². The topological polar surface area (TPSA) is 77.8 Å². The fourth-order valence-corrected chi connectivity index (χ4v) is 2.03. The van der Waals surface area contributed by atoms with Gasteiger partial charge < -0.3 is 15.3 Å². The van der Waals surface area contributed by atoms with Crippen LogP contribution in [-0.4, -0.2) is 33.5 Å². The lowest BCUT2D eigenvalue weighted by molar-refractivity contribution is -0.137. The normalized spacial score (nSPS) is 15.1. The van der Waals surface area contributed by atoms with Gasteiger partial charge in [0.15, 0.2) is 0 Å². The number of hydrogen-bond acceptors (Lipinski definition) is 3. The number of aliphatic hydroxyl groups excluding tert-OH is 2. The molecule has 0 fully saturated rings. The second kappa shape index (κ2) is 16.2. The molecule has 4 nitrogen and oxygen atoms in total. The van der Waals surface area contributed by atoms with Crippen LogP contribution < -0.4 is 0 Å². The molecule has 0 bridgehead atoms. The average Bonchev–Trinajstić information content (AvgIpc) is 2.55. The van der Waals surface area contributed by atoms with E-state index in [2.05, 4.69) is 6.92 Å². The highest BCUT2D eigenvalue weighted by Gasteiger charge is 2.11. The van der Waals surface area contributed by atoms with Gasteiger partial charge in [0.1, 0.15) is 0 Å². The Morgan fingerprint density at radius 2 is 1.71 bits per heavy atom. The highest BCUT2D eigenvalue weighted by molar-refractivity contribution is 5.66. The first-order valence-electron chi connectivity index (χ1n) is 8.80. The Morgan fingerprint density at radius 3 is 2.42 bits per heavy atom. The number of rotatable bonds is 14. The molecule has 0 aliphatic carbocycles. The lowest BCUT2D eigenvalue weighted by Crippen LogP contribution is -2.23. The Balaban J connectivity index is 3.78. The molecule has 136 valence electrons. The zero-order valence-electron chi connectivity index (χ0n) is 14.7. The van der Waals surface area contributed by atoms with Crippen molar-refractivity contribution in [3.63, 3.8) is 0 Å². The number of aliphatic hydroxyl groups is 2. The van der Waals surface area contributed by atoms with E-state index in [1.165, 1.54) is 0 Å². The van der Waals surface area contributed by atoms with Crippen molar-refractivity contribution in [3.8, 4) is 0 Å². The second-order valence-corrected chi connectivity index (χ2v) is 5.74. The maximum absolute atomic E-state index is 10.3. The first-order chi connectivity index (χ1) is 11.6. The number of allylic oxidation sites excluding steroid dienone is 7. The number of unbranched alkanes of at least 4 members (excludes halogenated alkanes) is 3. The van der Waals surface area contributed by atoms with Crippen LogP contribution >= 0.6 is 0 Å². The van der Waals surface area contributed by atoms with Crippen molar-refractivity contribution in [2.24, 2.45) is 0 Å². The molecular weight excluding hydrogens is 304 g/mol. The summed E-state index contributed by atoms with van der Waals surface area (Å²) in [6.45, 7) is 2.11. The van der Waals surface area contributed by atoms with Crippen LogP contribution in [0.15, 0.2) is 48.6 Å². The van der Waals surface area contributed by atoms with Crippen molar-refractivity contribution in [1.29, 1.82) is 0 Å². The highest BCUT2D eigenvalue weighted by Crippen LogP contribution is 2.07. The van der Waals surface area contributed by atoms with Crippen LogP contribution in [0, 0.1) is 0 Å². The average molecular weight is 336 g/mol. The van der Waals surface area contributed by atoms with Gasteiger partial charge in [-0.15, -0.1) is 0 Å². The lowest BCUT2D eigenvalue weighted by Gasteiger charge is -2.13. The summed E-state index contributed by atoms with van der Waals surface area (Å²) in [5.74, 6) is -0.750. The summed E-state index contributed by atoms with van der Waals surface area (Å²) in [6, 6.07) is 0. The summed E-state index contributed by atoms with van der Waals surface area (Å²) in [5.41, 5.74) is 0. The molecule has 2 atom stereocenters. The molecule has 0 aromatic heterocycles. The third kappa shape index (κ3) is 15.3. The van der Waals surface area contributed by atoms with Crippen LogP contribution in [0.3, 0.4) is 0 Å². The van der Waals surface area contributed by atoms with Gasteiger partial charge in [0.05, 0.1) is 12.2 Å². The molecule has 0 spiro atoms. The third-order valence-corrected chi connectivity index (χ3v) is 3.48. The zero-order valence-corrected chi connectivity index (χ0v) is 14.7. The van der Waals surface area contributed by atoms with E-state index < -0.39 is 18.2 Å². The molecule has 0 amide bonds. The maximum Gasteiger partial charge on any atom is 0.303 e. The molecule has 24 heavy (non-hydrogen) atoms. The van der Waals surface area contributed by atoms with Crippen LogP contribution in [0.2, 0.25) is 0 Å². The third-order valence-electron chi connectivity index (χ3n) is 3.48. The van der Waals surface area contributed by atoms with Crippen LogP contribution in [-0.2, 0) is 4.79 Å². The van der Waals surface area contributed by atoms with Crippen molar-refractivity contribution < 1.29 is 20.1 Å². The van der Waals surface area contributed by atoms with Gasteiger partial charge in [-0.25, -0.2) is 0 Å². The van der Waals surface area contributed by atoms with Crippen molar-refractivity contribution in [2.75, 3.05) is 0 Å². The fourth-order valence-electron chi connectivity index (χ4n) is 2.03. The predicted molar refractivity (Wildman–Crippen MR) is 98.8 cm³/mol. The first-order valence-corrected chi connectivity index (χ1v) is 8.80. The van der Waals surface area contributed by atoms with E-state index in [0.29, 0.717) is 12.8 Å². The van der Waals surface area contributed by atoms with Crippen LogP contribution in [0.25, 0.3) is 0 Å². The molecule has 0 aliphatic rings. The van der Waals surface area contributed by atoms with Gasteiger partial charge in [-0.1, -0.05) is 74.8 Å². The minimum Gasteiger partial charge on any atom is -0.481 e. The number of aliphatic carboxylic acids is 1. The van der Waals surface area contributed by atoms with Crippen LogP contribution in [0.5, 0.6) is 0 Å². The van der Waals surface area contributed by atoms with E-state index in [4.69, 9.17) is 5.11 Å². The Hall–Kier alpha value is -1.65. The summed E-state index contributed by atoms with van der Waals surface area (Å²) in [4.78, 5) is 10.3. The number of carboxylic acids is 1. The van der Waals surface area contributed by atoms with Gasteiger partial charge in [-0.3, -0.25) is 4.79 Å². The van der Waals surface area contributed by atoms with E-state index in [-0.39, 0.29) is 6.42 Å². The smallest absolute Gasteiger partial charge is 0.303 e. The maximum atomic E-state index is 10.3. The highest BCUT2D eigenvalue weighted by atomic mass is 16.4. The number of hydrogen-bond donors (Lipinski definition) is 3. The van der Waals surface area contributed by atoms with Crippen molar-refractivity contribution in [2.45, 2.75) is 70.5 Å². The van der Waals surface area contributed by atoms with Crippen molar-refractivity contribution >= 4 is 5.97 Å². The summed E-state index contributed by atoms with van der Waals surface area (Å²) in [7, 11) is 0. The van der Waals surface area contributed by atoms with Crippen LogP contribution in [0.4, 0.5) is 0 Å². The molecule has 4 heteroatoms. The molecular formula is C20H32O4. The van der Waals surface area contributed by atoms with Gasteiger partial charge in [0.25, 0.3) is 0 Å². The monoisotopic (exact) mass is 336 g/mol. The lowest BCUT2D eigenvalue weighted by atomic mass is 10.1. The summed E-state index contributed by atoms with van der Waals surface area (Å²) >= 11 is 0. The second-order valence-electron chi connectivity index (χ2n) is 5.74. The molecule has 0 saturated carbocycles. The van der Waals surface area contributed by atoms with E-state index in [1.54, 1.807) is 12.2 Å². The van der Waals surface area contributed by atoms with Crippen LogP contribution in [0.1, 0.15) is 58.3 Å².